The van der Waals surface area contributed by atoms with Crippen molar-refractivity contribution in [2.45, 2.75) is 11.3 Å². The van der Waals surface area contributed by atoms with Gasteiger partial charge in [0.2, 0.25) is 10.0 Å². The number of amides is 1. The van der Waals surface area contributed by atoms with Crippen molar-refractivity contribution in [2.75, 3.05) is 58.5 Å². The highest BCUT2D eigenvalue weighted by molar-refractivity contribution is 7.89. The third kappa shape index (κ3) is 5.96. The lowest BCUT2D eigenvalue weighted by Crippen LogP contribution is -2.38. The summed E-state index contributed by atoms with van der Waals surface area (Å²) >= 11 is 0. The quantitative estimate of drug-likeness (QED) is 0.571. The summed E-state index contributed by atoms with van der Waals surface area (Å²) in [5.41, 5.74) is 0.973. The molecule has 1 fully saturated rings. The molecule has 0 atom stereocenters. The number of anilines is 1. The van der Waals surface area contributed by atoms with E-state index in [1.165, 1.54) is 38.4 Å². The van der Waals surface area contributed by atoms with E-state index in [1.54, 1.807) is 18.2 Å². The molecule has 2 aromatic rings. The third-order valence-electron chi connectivity index (χ3n) is 5.03. The van der Waals surface area contributed by atoms with E-state index in [0.717, 1.165) is 4.31 Å². The van der Waals surface area contributed by atoms with Crippen LogP contribution in [0.4, 0.5) is 10.1 Å². The maximum absolute atomic E-state index is 13.0. The normalized spacial score (nSPS) is 14.4. The zero-order valence-electron chi connectivity index (χ0n) is 18.2. The van der Waals surface area contributed by atoms with Gasteiger partial charge in [-0.15, -0.1) is 0 Å². The SMILES string of the molecule is CN(C)S(=O)(=O)c1ccc(N2CCOCC2)c(C(=O)NCCCOc2ccc(F)cc2)c1. The zero-order valence-corrected chi connectivity index (χ0v) is 19.0. The molecule has 1 saturated heterocycles. The molecular weight excluding hydrogens is 437 g/mol. The number of halogens is 1. The topological polar surface area (TPSA) is 88.2 Å². The Morgan fingerprint density at radius 1 is 1.16 bits per heavy atom. The van der Waals surface area contributed by atoms with Crippen LogP contribution in [0.15, 0.2) is 47.4 Å². The Morgan fingerprint density at radius 2 is 1.84 bits per heavy atom. The van der Waals surface area contributed by atoms with E-state index in [2.05, 4.69) is 5.32 Å². The average molecular weight is 466 g/mol. The molecule has 1 aliphatic heterocycles. The lowest BCUT2D eigenvalue weighted by Gasteiger charge is -2.30. The first-order valence-electron chi connectivity index (χ1n) is 10.3. The maximum Gasteiger partial charge on any atom is 0.253 e. The number of carbonyl (C=O) groups excluding carboxylic acids is 1. The van der Waals surface area contributed by atoms with Crippen LogP contribution in [0.3, 0.4) is 0 Å². The highest BCUT2D eigenvalue weighted by atomic mass is 32.2. The van der Waals surface area contributed by atoms with Gasteiger partial charge in [-0.05, 0) is 48.9 Å². The molecule has 1 N–H and O–H groups in total. The van der Waals surface area contributed by atoms with Crippen LogP contribution in [0, 0.1) is 5.82 Å². The Kier molecular flexibility index (Phi) is 8.05. The Hall–Kier alpha value is -2.69. The molecule has 1 amide bonds. The molecule has 8 nitrogen and oxygen atoms in total. The smallest absolute Gasteiger partial charge is 0.253 e. The molecule has 1 aliphatic rings. The van der Waals surface area contributed by atoms with E-state index in [1.807, 2.05) is 4.90 Å². The van der Waals surface area contributed by atoms with Crippen LogP contribution < -0.4 is 15.0 Å². The maximum atomic E-state index is 13.0. The van der Waals surface area contributed by atoms with Gasteiger partial charge in [-0.3, -0.25) is 4.79 Å². The summed E-state index contributed by atoms with van der Waals surface area (Å²) < 4.78 is 50.1. The second-order valence-electron chi connectivity index (χ2n) is 7.48. The van der Waals surface area contributed by atoms with Gasteiger partial charge in [-0.1, -0.05) is 0 Å². The van der Waals surface area contributed by atoms with Crippen molar-refractivity contribution in [1.82, 2.24) is 9.62 Å². The monoisotopic (exact) mass is 465 g/mol. The van der Waals surface area contributed by atoms with Gasteiger partial charge in [-0.2, -0.15) is 0 Å². The number of sulfonamides is 1. The largest absolute Gasteiger partial charge is 0.494 e. The lowest BCUT2D eigenvalue weighted by molar-refractivity contribution is 0.0950. The van der Waals surface area contributed by atoms with E-state index in [0.29, 0.717) is 62.9 Å². The molecular formula is C22H28FN3O5S. The first-order valence-corrected chi connectivity index (χ1v) is 11.8. The summed E-state index contributed by atoms with van der Waals surface area (Å²) in [5.74, 6) is -0.141. The molecule has 0 aliphatic carbocycles. The minimum atomic E-state index is -3.68. The van der Waals surface area contributed by atoms with Crippen LogP contribution in [0.1, 0.15) is 16.8 Å². The van der Waals surface area contributed by atoms with Gasteiger partial charge in [0.05, 0.1) is 30.3 Å². The Labute approximate surface area is 188 Å². The fraction of sp³-hybridized carbons (Fsp3) is 0.409. The number of nitrogens with one attached hydrogen (secondary N) is 1. The molecule has 10 heteroatoms. The Bertz CT molecular complexity index is 1020. The van der Waals surface area contributed by atoms with Crippen molar-refractivity contribution >= 4 is 21.6 Å². The predicted octanol–water partition coefficient (Wildman–Crippen LogP) is 2.11. The molecule has 174 valence electrons. The molecule has 0 radical (unpaired) electrons. The number of hydrogen-bond acceptors (Lipinski definition) is 6. The second kappa shape index (κ2) is 10.8. The Morgan fingerprint density at radius 3 is 2.50 bits per heavy atom. The predicted molar refractivity (Wildman–Crippen MR) is 119 cm³/mol. The van der Waals surface area contributed by atoms with E-state index in [9.17, 15) is 17.6 Å². The van der Waals surface area contributed by atoms with Crippen LogP contribution in [-0.4, -0.2) is 72.2 Å². The van der Waals surface area contributed by atoms with Crippen molar-refractivity contribution in [3.63, 3.8) is 0 Å². The van der Waals surface area contributed by atoms with Gasteiger partial charge in [0, 0.05) is 39.4 Å². The molecule has 2 aromatic carbocycles. The highest BCUT2D eigenvalue weighted by Crippen LogP contribution is 2.26. The van der Waals surface area contributed by atoms with Gasteiger partial charge in [0.25, 0.3) is 5.91 Å². The van der Waals surface area contributed by atoms with Crippen LogP contribution in [0.25, 0.3) is 0 Å². The standard InChI is InChI=1S/C22H28FN3O5S/c1-25(2)32(28,29)19-8-9-21(26-11-14-30-15-12-26)20(16-19)22(27)24-10-3-13-31-18-6-4-17(23)5-7-18/h4-9,16H,3,10-15H2,1-2H3,(H,24,27). The fourth-order valence-electron chi connectivity index (χ4n) is 3.24. The summed E-state index contributed by atoms with van der Waals surface area (Å²) in [5, 5.41) is 2.84. The average Bonchev–Trinajstić information content (AvgIpc) is 2.80. The van der Waals surface area contributed by atoms with Gasteiger partial charge in [0.15, 0.2) is 0 Å². The van der Waals surface area contributed by atoms with Crippen LogP contribution in [0.5, 0.6) is 5.75 Å². The summed E-state index contributed by atoms with van der Waals surface area (Å²) in [6.07, 6.45) is 0.533. The summed E-state index contributed by atoms with van der Waals surface area (Å²) in [6.45, 7) is 3.00. The summed E-state index contributed by atoms with van der Waals surface area (Å²) in [4.78, 5) is 15.0. The molecule has 0 unspecified atom stereocenters. The van der Waals surface area contributed by atoms with E-state index < -0.39 is 10.0 Å². The fourth-order valence-corrected chi connectivity index (χ4v) is 4.17. The second-order valence-corrected chi connectivity index (χ2v) is 9.63. The molecule has 0 aromatic heterocycles. The molecule has 1 heterocycles. The molecule has 3 rings (SSSR count). The number of benzene rings is 2. The van der Waals surface area contributed by atoms with Gasteiger partial charge >= 0.3 is 0 Å². The van der Waals surface area contributed by atoms with Crippen molar-refractivity contribution in [1.29, 1.82) is 0 Å². The van der Waals surface area contributed by atoms with Gasteiger partial charge in [0.1, 0.15) is 11.6 Å². The number of rotatable bonds is 9. The number of hydrogen-bond donors (Lipinski definition) is 1. The van der Waals surface area contributed by atoms with Crippen molar-refractivity contribution in [3.8, 4) is 5.75 Å². The van der Waals surface area contributed by atoms with Crippen LogP contribution in [0.2, 0.25) is 0 Å². The highest BCUT2D eigenvalue weighted by Gasteiger charge is 2.24. The third-order valence-corrected chi connectivity index (χ3v) is 6.84. The molecule has 0 saturated carbocycles. The number of carbonyl (C=O) groups is 1. The lowest BCUT2D eigenvalue weighted by atomic mass is 10.1. The van der Waals surface area contributed by atoms with Crippen molar-refractivity contribution in [3.05, 3.63) is 53.8 Å². The van der Waals surface area contributed by atoms with Crippen LogP contribution in [-0.2, 0) is 14.8 Å². The van der Waals surface area contributed by atoms with E-state index in [-0.39, 0.29) is 16.6 Å². The number of morpholine rings is 1. The van der Waals surface area contributed by atoms with E-state index in [4.69, 9.17) is 9.47 Å². The summed E-state index contributed by atoms with van der Waals surface area (Å²) in [6, 6.07) is 10.3. The first kappa shape index (κ1) is 24.0. The molecule has 0 spiro atoms. The number of nitrogens with zero attached hydrogens (tertiary/aromatic N) is 2. The first-order chi connectivity index (χ1) is 15.3. The van der Waals surface area contributed by atoms with Crippen molar-refractivity contribution in [2.24, 2.45) is 0 Å². The number of ether oxygens (including phenoxy) is 2. The minimum Gasteiger partial charge on any atom is -0.494 e. The van der Waals surface area contributed by atoms with Gasteiger partial charge < -0.3 is 19.7 Å². The minimum absolute atomic E-state index is 0.0595. The summed E-state index contributed by atoms with van der Waals surface area (Å²) in [7, 11) is -0.779. The molecule has 0 bridgehead atoms. The van der Waals surface area contributed by atoms with Crippen LogP contribution >= 0.6 is 0 Å². The molecule has 32 heavy (non-hydrogen) atoms. The van der Waals surface area contributed by atoms with E-state index >= 15 is 0 Å². The Balaban J connectivity index is 1.68. The van der Waals surface area contributed by atoms with Gasteiger partial charge in [-0.25, -0.2) is 17.1 Å². The van der Waals surface area contributed by atoms with Crippen molar-refractivity contribution < 1.29 is 27.1 Å². The zero-order chi connectivity index (χ0) is 23.1.